The van der Waals surface area contributed by atoms with E-state index in [1.165, 1.54) is 36.2 Å². The first-order valence-corrected chi connectivity index (χ1v) is 8.10. The van der Waals surface area contributed by atoms with Crippen LogP contribution in [0, 0.1) is 0 Å². The van der Waals surface area contributed by atoms with Crippen molar-refractivity contribution in [2.45, 2.75) is 56.9 Å². The van der Waals surface area contributed by atoms with Gasteiger partial charge in [-0.3, -0.25) is 0 Å². The molecule has 3 heterocycles. The standard InChI is InChI=1S/C16H23N3O/c1-2-11(3-1)15-13-10-17-7-4-14(13)18-16(19-15)12-5-8-20-9-6-12/h11-12,17H,1-10H2. The fraction of sp³-hybridized carbons (Fsp3) is 0.750. The van der Waals surface area contributed by atoms with Crippen molar-refractivity contribution in [3.8, 4) is 0 Å². The molecule has 108 valence electrons. The highest BCUT2D eigenvalue weighted by atomic mass is 16.5. The van der Waals surface area contributed by atoms with Crippen molar-refractivity contribution in [3.05, 3.63) is 22.8 Å². The monoisotopic (exact) mass is 273 g/mol. The second-order valence-corrected chi connectivity index (χ2v) is 6.33. The second kappa shape index (κ2) is 5.41. The number of ether oxygens (including phenoxy) is 1. The zero-order valence-electron chi connectivity index (χ0n) is 12.0. The van der Waals surface area contributed by atoms with Gasteiger partial charge in [-0.2, -0.15) is 0 Å². The average molecular weight is 273 g/mol. The smallest absolute Gasteiger partial charge is 0.132 e. The maximum Gasteiger partial charge on any atom is 0.132 e. The fourth-order valence-electron chi connectivity index (χ4n) is 3.55. The van der Waals surface area contributed by atoms with Crippen LogP contribution in [0.1, 0.15) is 66.7 Å². The van der Waals surface area contributed by atoms with Gasteiger partial charge in [0.2, 0.25) is 0 Å². The van der Waals surface area contributed by atoms with E-state index in [2.05, 4.69) is 5.32 Å². The Morgan fingerprint density at radius 1 is 1.00 bits per heavy atom. The molecule has 0 aromatic carbocycles. The van der Waals surface area contributed by atoms with E-state index in [1.807, 2.05) is 0 Å². The summed E-state index contributed by atoms with van der Waals surface area (Å²) in [5.74, 6) is 2.32. The van der Waals surface area contributed by atoms with Crippen LogP contribution in [0.25, 0.3) is 0 Å². The molecule has 1 saturated carbocycles. The summed E-state index contributed by atoms with van der Waals surface area (Å²) in [5, 5.41) is 3.48. The lowest BCUT2D eigenvalue weighted by Crippen LogP contribution is -2.30. The summed E-state index contributed by atoms with van der Waals surface area (Å²) in [4.78, 5) is 9.96. The Hall–Kier alpha value is -1.00. The molecule has 0 bridgehead atoms. The van der Waals surface area contributed by atoms with Crippen molar-refractivity contribution in [2.24, 2.45) is 0 Å². The van der Waals surface area contributed by atoms with Gasteiger partial charge in [-0.25, -0.2) is 9.97 Å². The zero-order chi connectivity index (χ0) is 13.4. The Balaban J connectivity index is 1.71. The molecule has 0 radical (unpaired) electrons. The molecule has 0 unspecified atom stereocenters. The van der Waals surface area contributed by atoms with E-state index >= 15 is 0 Å². The molecule has 4 heteroatoms. The summed E-state index contributed by atoms with van der Waals surface area (Å²) < 4.78 is 5.48. The molecule has 1 N–H and O–H groups in total. The van der Waals surface area contributed by atoms with E-state index in [1.54, 1.807) is 0 Å². The van der Waals surface area contributed by atoms with Gasteiger partial charge in [0.25, 0.3) is 0 Å². The highest BCUT2D eigenvalue weighted by molar-refractivity contribution is 5.32. The van der Waals surface area contributed by atoms with Gasteiger partial charge in [0.05, 0.1) is 11.4 Å². The lowest BCUT2D eigenvalue weighted by Gasteiger charge is -2.31. The highest BCUT2D eigenvalue weighted by Crippen LogP contribution is 2.39. The summed E-state index contributed by atoms with van der Waals surface area (Å²) in [6, 6.07) is 0. The largest absolute Gasteiger partial charge is 0.381 e. The van der Waals surface area contributed by atoms with Crippen LogP contribution in [0.2, 0.25) is 0 Å². The quantitative estimate of drug-likeness (QED) is 0.898. The van der Waals surface area contributed by atoms with Gasteiger partial charge in [0.1, 0.15) is 5.82 Å². The van der Waals surface area contributed by atoms with Crippen molar-refractivity contribution >= 4 is 0 Å². The molecule has 1 saturated heterocycles. The average Bonchev–Trinajstić information content (AvgIpc) is 2.46. The van der Waals surface area contributed by atoms with E-state index in [0.717, 1.165) is 51.4 Å². The molecule has 20 heavy (non-hydrogen) atoms. The summed E-state index contributed by atoms with van der Waals surface area (Å²) >= 11 is 0. The van der Waals surface area contributed by atoms with Crippen LogP contribution < -0.4 is 5.32 Å². The van der Waals surface area contributed by atoms with Crippen molar-refractivity contribution in [1.82, 2.24) is 15.3 Å². The first-order valence-electron chi connectivity index (χ1n) is 8.10. The molecule has 2 aliphatic heterocycles. The maximum absolute atomic E-state index is 5.48. The van der Waals surface area contributed by atoms with E-state index in [-0.39, 0.29) is 0 Å². The molecule has 0 atom stereocenters. The molecule has 1 aromatic heterocycles. The van der Waals surface area contributed by atoms with Crippen LogP contribution in [0.5, 0.6) is 0 Å². The molecule has 1 aromatic rings. The van der Waals surface area contributed by atoms with Crippen LogP contribution >= 0.6 is 0 Å². The van der Waals surface area contributed by atoms with Crippen LogP contribution in [-0.2, 0) is 17.7 Å². The number of hydrogen-bond acceptors (Lipinski definition) is 4. The van der Waals surface area contributed by atoms with Gasteiger partial charge in [-0.15, -0.1) is 0 Å². The lowest BCUT2D eigenvalue weighted by molar-refractivity contribution is 0.0834. The van der Waals surface area contributed by atoms with Gasteiger partial charge < -0.3 is 10.1 Å². The topological polar surface area (TPSA) is 47.0 Å². The maximum atomic E-state index is 5.48. The molecule has 1 aliphatic carbocycles. The van der Waals surface area contributed by atoms with E-state index in [0.29, 0.717) is 11.8 Å². The van der Waals surface area contributed by atoms with Crippen molar-refractivity contribution in [2.75, 3.05) is 19.8 Å². The van der Waals surface area contributed by atoms with Crippen molar-refractivity contribution in [3.63, 3.8) is 0 Å². The van der Waals surface area contributed by atoms with Gasteiger partial charge in [-0.05, 0) is 25.7 Å². The highest BCUT2D eigenvalue weighted by Gasteiger charge is 2.29. The molecule has 0 amide bonds. The number of aromatic nitrogens is 2. The van der Waals surface area contributed by atoms with E-state index in [9.17, 15) is 0 Å². The van der Waals surface area contributed by atoms with Gasteiger partial charge in [0.15, 0.2) is 0 Å². The molecule has 3 aliphatic rings. The van der Waals surface area contributed by atoms with Crippen LogP contribution in [0.15, 0.2) is 0 Å². The number of nitrogens with zero attached hydrogens (tertiary/aromatic N) is 2. The Kier molecular flexibility index (Phi) is 3.44. The predicted molar refractivity (Wildman–Crippen MR) is 76.8 cm³/mol. The van der Waals surface area contributed by atoms with Gasteiger partial charge in [0, 0.05) is 50.1 Å². The normalized spacial score (nSPS) is 24.2. The summed E-state index contributed by atoms with van der Waals surface area (Å²) in [7, 11) is 0. The summed E-state index contributed by atoms with van der Waals surface area (Å²) in [6.45, 7) is 3.76. The molecule has 0 spiro atoms. The molecular weight excluding hydrogens is 250 g/mol. The van der Waals surface area contributed by atoms with E-state index < -0.39 is 0 Å². The summed E-state index contributed by atoms with van der Waals surface area (Å²) in [6.07, 6.45) is 7.23. The Morgan fingerprint density at radius 2 is 1.85 bits per heavy atom. The van der Waals surface area contributed by atoms with Crippen molar-refractivity contribution < 1.29 is 4.74 Å². The predicted octanol–water partition coefficient (Wildman–Crippen LogP) is 2.28. The second-order valence-electron chi connectivity index (χ2n) is 6.33. The SMILES string of the molecule is C1CC(c2nc(C3CCOCC3)nc3c2CNCC3)C1. The third-order valence-electron chi connectivity index (χ3n) is 5.06. The minimum absolute atomic E-state index is 0.516. The molecule has 2 fully saturated rings. The molecular formula is C16H23N3O. The zero-order valence-corrected chi connectivity index (χ0v) is 12.0. The van der Waals surface area contributed by atoms with Crippen LogP contribution in [0.3, 0.4) is 0 Å². The molecule has 4 rings (SSSR count). The fourth-order valence-corrected chi connectivity index (χ4v) is 3.55. The van der Waals surface area contributed by atoms with Gasteiger partial charge >= 0.3 is 0 Å². The lowest BCUT2D eigenvalue weighted by atomic mass is 9.80. The minimum Gasteiger partial charge on any atom is -0.381 e. The number of hydrogen-bond donors (Lipinski definition) is 1. The Labute approximate surface area is 120 Å². The Bertz CT molecular complexity index is 493. The number of rotatable bonds is 2. The van der Waals surface area contributed by atoms with E-state index in [4.69, 9.17) is 14.7 Å². The summed E-state index contributed by atoms with van der Waals surface area (Å²) in [5.41, 5.74) is 4.11. The Morgan fingerprint density at radius 3 is 2.60 bits per heavy atom. The minimum atomic E-state index is 0.516. The number of fused-ring (bicyclic) bond motifs is 1. The number of nitrogens with one attached hydrogen (secondary N) is 1. The van der Waals surface area contributed by atoms with Crippen molar-refractivity contribution in [1.29, 1.82) is 0 Å². The third kappa shape index (κ3) is 2.25. The van der Waals surface area contributed by atoms with Crippen LogP contribution in [0.4, 0.5) is 0 Å². The third-order valence-corrected chi connectivity index (χ3v) is 5.06. The first-order chi connectivity index (χ1) is 9.92. The van der Waals surface area contributed by atoms with Crippen LogP contribution in [-0.4, -0.2) is 29.7 Å². The van der Waals surface area contributed by atoms with Gasteiger partial charge in [-0.1, -0.05) is 6.42 Å². The molecule has 4 nitrogen and oxygen atoms in total. The first kappa shape index (κ1) is 12.7.